The number of rotatable bonds is 5. The van der Waals surface area contributed by atoms with Gasteiger partial charge in [-0.05, 0) is 6.92 Å². The number of likely N-dealkylation sites (N-methyl/N-ethyl adjacent to an activating group) is 1. The normalized spacial score (nSPS) is 9.27. The molecule has 0 atom stereocenters. The van der Waals surface area contributed by atoms with Gasteiger partial charge in [0.05, 0.1) is 0 Å². The zero-order valence-corrected chi connectivity index (χ0v) is 7.17. The number of hydrogen-bond acceptors (Lipinski definition) is 2. The second kappa shape index (κ2) is 5.92. The maximum atomic E-state index is 11.1. The van der Waals surface area contributed by atoms with Crippen molar-refractivity contribution in [1.29, 1.82) is 0 Å². The van der Waals surface area contributed by atoms with Gasteiger partial charge in [0.15, 0.2) is 0 Å². The smallest absolute Gasteiger partial charge is 0.248 e. The highest BCUT2D eigenvalue weighted by Crippen LogP contribution is 1.89. The lowest BCUT2D eigenvalue weighted by atomic mass is 10.4. The van der Waals surface area contributed by atoms with E-state index in [9.17, 15) is 4.79 Å². The number of methoxy groups -OCH3 is 1. The summed E-state index contributed by atoms with van der Waals surface area (Å²) in [6, 6.07) is 0. The zero-order valence-electron chi connectivity index (χ0n) is 7.17. The first-order valence-electron chi connectivity index (χ1n) is 3.63. The van der Waals surface area contributed by atoms with Crippen LogP contribution in [0.2, 0.25) is 0 Å². The number of nitrogens with zero attached hydrogens (tertiary/aromatic N) is 1. The average Bonchev–Trinajstić information content (AvgIpc) is 2.00. The standard InChI is InChI=1S/C8H15NO2/c1-4-6-9(5-2)8(10)7-11-3/h4H,1,5-7H2,2-3H3. The Balaban J connectivity index is 3.80. The largest absolute Gasteiger partial charge is 0.375 e. The van der Waals surface area contributed by atoms with E-state index >= 15 is 0 Å². The Morgan fingerprint density at radius 1 is 1.73 bits per heavy atom. The Bertz CT molecular complexity index is 134. The molecule has 0 bridgehead atoms. The van der Waals surface area contributed by atoms with Crippen molar-refractivity contribution in [3.05, 3.63) is 12.7 Å². The highest BCUT2D eigenvalue weighted by atomic mass is 16.5. The lowest BCUT2D eigenvalue weighted by Gasteiger charge is -2.17. The third-order valence-corrected chi connectivity index (χ3v) is 1.35. The summed E-state index contributed by atoms with van der Waals surface area (Å²) in [5.41, 5.74) is 0. The Morgan fingerprint density at radius 2 is 2.36 bits per heavy atom. The fraction of sp³-hybridized carbons (Fsp3) is 0.625. The number of amides is 1. The van der Waals surface area contributed by atoms with Crippen molar-refractivity contribution >= 4 is 5.91 Å². The van der Waals surface area contributed by atoms with Crippen molar-refractivity contribution < 1.29 is 9.53 Å². The predicted molar refractivity (Wildman–Crippen MR) is 44.3 cm³/mol. The summed E-state index contributed by atoms with van der Waals surface area (Å²) < 4.78 is 4.71. The van der Waals surface area contributed by atoms with Crippen LogP contribution in [-0.4, -0.2) is 37.6 Å². The van der Waals surface area contributed by atoms with Gasteiger partial charge in [0.25, 0.3) is 0 Å². The summed E-state index contributed by atoms with van der Waals surface area (Å²) in [5, 5.41) is 0. The molecule has 0 saturated heterocycles. The van der Waals surface area contributed by atoms with Crippen molar-refractivity contribution in [3.63, 3.8) is 0 Å². The molecular formula is C8H15NO2. The fourth-order valence-electron chi connectivity index (χ4n) is 0.778. The van der Waals surface area contributed by atoms with Crippen molar-refractivity contribution in [2.75, 3.05) is 26.8 Å². The number of hydrogen-bond donors (Lipinski definition) is 0. The predicted octanol–water partition coefficient (Wildman–Crippen LogP) is 0.667. The Labute approximate surface area is 67.6 Å². The van der Waals surface area contributed by atoms with Crippen molar-refractivity contribution in [2.24, 2.45) is 0 Å². The number of ether oxygens (including phenoxy) is 1. The van der Waals surface area contributed by atoms with Crippen molar-refractivity contribution in [1.82, 2.24) is 4.90 Å². The van der Waals surface area contributed by atoms with E-state index < -0.39 is 0 Å². The molecule has 0 heterocycles. The van der Waals surface area contributed by atoms with Gasteiger partial charge in [-0.25, -0.2) is 0 Å². The summed E-state index contributed by atoms with van der Waals surface area (Å²) in [4.78, 5) is 12.8. The summed E-state index contributed by atoms with van der Waals surface area (Å²) in [6.07, 6.45) is 1.71. The van der Waals surface area contributed by atoms with E-state index in [0.717, 1.165) is 0 Å². The van der Waals surface area contributed by atoms with Gasteiger partial charge in [-0.1, -0.05) is 6.08 Å². The first-order valence-corrected chi connectivity index (χ1v) is 3.63. The molecule has 0 N–H and O–H groups in total. The molecule has 0 aliphatic rings. The summed E-state index contributed by atoms with van der Waals surface area (Å²) in [5.74, 6) is 0.00917. The van der Waals surface area contributed by atoms with Crippen LogP contribution >= 0.6 is 0 Å². The molecule has 0 aromatic heterocycles. The monoisotopic (exact) mass is 157 g/mol. The minimum atomic E-state index is 0.00917. The quantitative estimate of drug-likeness (QED) is 0.549. The molecule has 3 heteroatoms. The van der Waals surface area contributed by atoms with Crippen LogP contribution in [0.1, 0.15) is 6.92 Å². The third-order valence-electron chi connectivity index (χ3n) is 1.35. The molecule has 0 aliphatic carbocycles. The van der Waals surface area contributed by atoms with Crippen LogP contribution in [0.3, 0.4) is 0 Å². The molecule has 0 fully saturated rings. The van der Waals surface area contributed by atoms with Crippen LogP contribution in [0.5, 0.6) is 0 Å². The second-order valence-corrected chi connectivity index (χ2v) is 2.15. The molecule has 0 unspecified atom stereocenters. The van der Waals surface area contributed by atoms with Gasteiger partial charge in [-0.2, -0.15) is 0 Å². The molecule has 11 heavy (non-hydrogen) atoms. The number of carbonyl (C=O) groups is 1. The maximum absolute atomic E-state index is 11.1. The fourth-order valence-corrected chi connectivity index (χ4v) is 0.778. The molecule has 1 amide bonds. The van der Waals surface area contributed by atoms with E-state index in [1.54, 1.807) is 11.0 Å². The highest BCUT2D eigenvalue weighted by molar-refractivity contribution is 5.77. The lowest BCUT2D eigenvalue weighted by molar-refractivity contribution is -0.134. The summed E-state index contributed by atoms with van der Waals surface area (Å²) >= 11 is 0. The van der Waals surface area contributed by atoms with Gasteiger partial charge >= 0.3 is 0 Å². The van der Waals surface area contributed by atoms with Crippen LogP contribution in [0.25, 0.3) is 0 Å². The Morgan fingerprint density at radius 3 is 2.73 bits per heavy atom. The van der Waals surface area contributed by atoms with Gasteiger partial charge in [0.1, 0.15) is 6.61 Å². The first kappa shape index (κ1) is 10.2. The minimum absolute atomic E-state index is 0.00917. The van der Waals surface area contributed by atoms with Gasteiger partial charge in [0.2, 0.25) is 5.91 Å². The van der Waals surface area contributed by atoms with Crippen molar-refractivity contribution in [2.45, 2.75) is 6.92 Å². The molecule has 0 saturated carbocycles. The van der Waals surface area contributed by atoms with Gasteiger partial charge in [-0.15, -0.1) is 6.58 Å². The molecular weight excluding hydrogens is 142 g/mol. The SMILES string of the molecule is C=CCN(CC)C(=O)COC. The average molecular weight is 157 g/mol. The zero-order chi connectivity index (χ0) is 8.69. The van der Waals surface area contributed by atoms with Gasteiger partial charge in [-0.3, -0.25) is 4.79 Å². The molecule has 0 radical (unpaired) electrons. The van der Waals surface area contributed by atoms with E-state index in [1.165, 1.54) is 7.11 Å². The van der Waals surface area contributed by atoms with E-state index in [4.69, 9.17) is 4.74 Å². The van der Waals surface area contributed by atoms with Crippen LogP contribution < -0.4 is 0 Å². The van der Waals surface area contributed by atoms with E-state index in [-0.39, 0.29) is 12.5 Å². The van der Waals surface area contributed by atoms with Crippen molar-refractivity contribution in [3.8, 4) is 0 Å². The van der Waals surface area contributed by atoms with Crippen LogP contribution in [0.4, 0.5) is 0 Å². The van der Waals surface area contributed by atoms with Crippen LogP contribution in [-0.2, 0) is 9.53 Å². The Hall–Kier alpha value is -0.830. The second-order valence-electron chi connectivity index (χ2n) is 2.15. The van der Waals surface area contributed by atoms with E-state index in [1.807, 2.05) is 6.92 Å². The molecule has 0 aromatic rings. The third kappa shape index (κ3) is 3.78. The Kier molecular flexibility index (Phi) is 5.47. The van der Waals surface area contributed by atoms with Gasteiger partial charge < -0.3 is 9.64 Å². The molecule has 0 spiro atoms. The first-order chi connectivity index (χ1) is 5.26. The van der Waals surface area contributed by atoms with Gasteiger partial charge in [0, 0.05) is 20.2 Å². The maximum Gasteiger partial charge on any atom is 0.248 e. The molecule has 0 aromatic carbocycles. The molecule has 64 valence electrons. The van der Waals surface area contributed by atoms with Crippen LogP contribution in [0, 0.1) is 0 Å². The van der Waals surface area contributed by atoms with E-state index in [0.29, 0.717) is 13.1 Å². The molecule has 0 aliphatic heterocycles. The summed E-state index contributed by atoms with van der Waals surface area (Å²) in [6.45, 7) is 6.94. The number of carbonyl (C=O) groups excluding carboxylic acids is 1. The topological polar surface area (TPSA) is 29.5 Å². The molecule has 3 nitrogen and oxygen atoms in total. The lowest BCUT2D eigenvalue weighted by Crippen LogP contribution is -2.33. The minimum Gasteiger partial charge on any atom is -0.375 e. The van der Waals surface area contributed by atoms with Crippen LogP contribution in [0.15, 0.2) is 12.7 Å². The highest BCUT2D eigenvalue weighted by Gasteiger charge is 2.07. The molecule has 0 rings (SSSR count). The van der Waals surface area contributed by atoms with E-state index in [2.05, 4.69) is 6.58 Å². The summed E-state index contributed by atoms with van der Waals surface area (Å²) in [7, 11) is 1.51.